The summed E-state index contributed by atoms with van der Waals surface area (Å²) in [5.74, 6) is -0.741. The zero-order valence-electron chi connectivity index (χ0n) is 15.3. The first-order valence-corrected chi connectivity index (χ1v) is 9.18. The molecule has 2 N–H and O–H groups in total. The van der Waals surface area contributed by atoms with Crippen molar-refractivity contribution >= 4 is 39.2 Å². The first-order chi connectivity index (χ1) is 13.7. The molecule has 4 aromatic rings. The zero-order chi connectivity index (χ0) is 19.3. The van der Waals surface area contributed by atoms with Crippen LogP contribution in [-0.2, 0) is 20.7 Å². The Kier molecular flexibility index (Phi) is 5.06. The molecule has 1 aromatic heterocycles. The van der Waals surface area contributed by atoms with Gasteiger partial charge in [-0.3, -0.25) is 9.59 Å². The number of anilines is 1. The third kappa shape index (κ3) is 4.04. The summed E-state index contributed by atoms with van der Waals surface area (Å²) >= 11 is 0. The van der Waals surface area contributed by atoms with Gasteiger partial charge in [-0.2, -0.15) is 0 Å². The second-order valence-corrected chi connectivity index (χ2v) is 6.63. The molecule has 0 bridgehead atoms. The van der Waals surface area contributed by atoms with Crippen LogP contribution in [0.5, 0.6) is 0 Å². The summed E-state index contributed by atoms with van der Waals surface area (Å²) in [7, 11) is 0. The van der Waals surface area contributed by atoms with E-state index in [1.807, 2.05) is 72.9 Å². The van der Waals surface area contributed by atoms with Crippen LogP contribution in [0.2, 0.25) is 0 Å². The number of aryl methyl sites for hydroxylation is 1. The van der Waals surface area contributed by atoms with Crippen LogP contribution in [0.3, 0.4) is 0 Å². The number of nitrogens with one attached hydrogen (secondary N) is 2. The highest BCUT2D eigenvalue weighted by molar-refractivity contribution is 5.95. The lowest BCUT2D eigenvalue weighted by atomic mass is 10.1. The molecule has 0 aliphatic rings. The number of amides is 1. The van der Waals surface area contributed by atoms with Gasteiger partial charge in [0.1, 0.15) is 0 Å². The third-order valence-electron chi connectivity index (χ3n) is 4.67. The fraction of sp³-hybridized carbons (Fsp3) is 0.130. The van der Waals surface area contributed by atoms with Crippen molar-refractivity contribution < 1.29 is 14.3 Å². The molecule has 0 aliphatic heterocycles. The summed E-state index contributed by atoms with van der Waals surface area (Å²) in [5, 5.41) is 6.00. The highest BCUT2D eigenvalue weighted by Crippen LogP contribution is 2.20. The predicted octanol–water partition coefficient (Wildman–Crippen LogP) is 4.44. The zero-order valence-corrected chi connectivity index (χ0v) is 15.3. The summed E-state index contributed by atoms with van der Waals surface area (Å²) < 4.78 is 5.11. The van der Waals surface area contributed by atoms with E-state index in [1.165, 1.54) is 0 Å². The number of ether oxygens (including phenoxy) is 1. The Bertz CT molecular complexity index is 1150. The molecule has 0 unspecified atom stereocenters. The van der Waals surface area contributed by atoms with Gasteiger partial charge < -0.3 is 15.0 Å². The van der Waals surface area contributed by atoms with Crippen LogP contribution in [0.25, 0.3) is 21.7 Å². The van der Waals surface area contributed by atoms with Gasteiger partial charge in [-0.25, -0.2) is 0 Å². The van der Waals surface area contributed by atoms with Crippen LogP contribution < -0.4 is 5.32 Å². The van der Waals surface area contributed by atoms with E-state index in [2.05, 4.69) is 10.3 Å². The number of esters is 1. The van der Waals surface area contributed by atoms with E-state index < -0.39 is 0 Å². The van der Waals surface area contributed by atoms with Crippen molar-refractivity contribution in [2.45, 2.75) is 12.8 Å². The van der Waals surface area contributed by atoms with Crippen molar-refractivity contribution in [2.75, 3.05) is 11.9 Å². The smallest absolute Gasteiger partial charge is 0.306 e. The molecule has 5 nitrogen and oxygen atoms in total. The van der Waals surface area contributed by atoms with Gasteiger partial charge in [0.25, 0.3) is 5.91 Å². The molecule has 0 saturated heterocycles. The van der Waals surface area contributed by atoms with Gasteiger partial charge in [0.2, 0.25) is 0 Å². The lowest BCUT2D eigenvalue weighted by Gasteiger charge is -2.08. The Labute approximate surface area is 162 Å². The molecule has 140 valence electrons. The van der Waals surface area contributed by atoms with Gasteiger partial charge in [-0.05, 0) is 41.0 Å². The van der Waals surface area contributed by atoms with Crippen molar-refractivity contribution in [1.82, 2.24) is 4.98 Å². The van der Waals surface area contributed by atoms with Gasteiger partial charge in [0.05, 0.1) is 0 Å². The predicted molar refractivity (Wildman–Crippen MR) is 110 cm³/mol. The molecule has 0 spiro atoms. The molecule has 5 heteroatoms. The van der Waals surface area contributed by atoms with Crippen LogP contribution in [0, 0.1) is 0 Å². The lowest BCUT2D eigenvalue weighted by Crippen LogP contribution is -2.21. The van der Waals surface area contributed by atoms with Crippen molar-refractivity contribution in [1.29, 1.82) is 0 Å². The van der Waals surface area contributed by atoms with Crippen molar-refractivity contribution in [3.63, 3.8) is 0 Å². The Morgan fingerprint density at radius 1 is 0.929 bits per heavy atom. The van der Waals surface area contributed by atoms with Crippen LogP contribution in [0.4, 0.5) is 5.69 Å². The highest BCUT2D eigenvalue weighted by atomic mass is 16.5. The number of fused-ring (bicyclic) bond motifs is 2. The summed E-state index contributed by atoms with van der Waals surface area (Å²) in [6.45, 7) is -0.292. The highest BCUT2D eigenvalue weighted by Gasteiger charge is 2.10. The van der Waals surface area contributed by atoms with E-state index in [9.17, 15) is 9.59 Å². The van der Waals surface area contributed by atoms with Gasteiger partial charge in [0, 0.05) is 29.2 Å². The number of hydrogen-bond acceptors (Lipinski definition) is 3. The number of rotatable bonds is 6. The molecule has 28 heavy (non-hydrogen) atoms. The molecule has 3 aromatic carbocycles. The maximum Gasteiger partial charge on any atom is 0.306 e. The molecule has 1 amide bonds. The third-order valence-corrected chi connectivity index (χ3v) is 4.67. The molecular weight excluding hydrogens is 352 g/mol. The van der Waals surface area contributed by atoms with Crippen LogP contribution >= 0.6 is 0 Å². The molecule has 0 aliphatic carbocycles. The Hall–Kier alpha value is -3.60. The Morgan fingerprint density at radius 2 is 1.71 bits per heavy atom. The first kappa shape index (κ1) is 17.8. The standard InChI is InChI=1S/C23H20N2O3/c26-22(25-19-11-9-16-5-1-2-6-17(16)13-19)15-28-23(27)12-10-18-14-24-21-8-4-3-7-20(18)21/h1-9,11,13-14,24H,10,12,15H2,(H,25,26). The lowest BCUT2D eigenvalue weighted by molar-refractivity contribution is -0.147. The minimum absolute atomic E-state index is 0.227. The number of para-hydroxylation sites is 1. The van der Waals surface area contributed by atoms with Gasteiger partial charge >= 0.3 is 5.97 Å². The molecule has 0 fully saturated rings. The van der Waals surface area contributed by atoms with E-state index >= 15 is 0 Å². The van der Waals surface area contributed by atoms with Crippen LogP contribution in [0.15, 0.2) is 72.9 Å². The van der Waals surface area contributed by atoms with Crippen LogP contribution in [-0.4, -0.2) is 23.5 Å². The molecule has 1 heterocycles. The average Bonchev–Trinajstić information content (AvgIpc) is 3.14. The van der Waals surface area contributed by atoms with Crippen LogP contribution in [0.1, 0.15) is 12.0 Å². The van der Waals surface area contributed by atoms with E-state index in [1.54, 1.807) is 0 Å². The van der Waals surface area contributed by atoms with E-state index in [0.717, 1.165) is 27.2 Å². The fourth-order valence-electron chi connectivity index (χ4n) is 3.26. The maximum absolute atomic E-state index is 12.1. The fourth-order valence-corrected chi connectivity index (χ4v) is 3.26. The van der Waals surface area contributed by atoms with Crippen molar-refractivity contribution in [2.24, 2.45) is 0 Å². The summed E-state index contributed by atoms with van der Waals surface area (Å²) in [6, 6.07) is 21.5. The topological polar surface area (TPSA) is 71.2 Å². The quantitative estimate of drug-likeness (QED) is 0.492. The number of benzene rings is 3. The summed E-state index contributed by atoms with van der Waals surface area (Å²) in [5.41, 5.74) is 2.78. The number of carbonyl (C=O) groups is 2. The first-order valence-electron chi connectivity index (χ1n) is 9.18. The van der Waals surface area contributed by atoms with Gasteiger partial charge in [-0.1, -0.05) is 48.5 Å². The van der Waals surface area contributed by atoms with E-state index in [0.29, 0.717) is 12.1 Å². The molecule has 0 atom stereocenters. The number of aromatic amines is 1. The number of hydrogen-bond donors (Lipinski definition) is 2. The molecular formula is C23H20N2O3. The van der Waals surface area contributed by atoms with E-state index in [-0.39, 0.29) is 24.9 Å². The number of carbonyl (C=O) groups excluding carboxylic acids is 2. The SMILES string of the molecule is O=C(COC(=O)CCc1c[nH]c2ccccc12)Nc1ccc2ccccc2c1. The van der Waals surface area contributed by atoms with Gasteiger partial charge in [-0.15, -0.1) is 0 Å². The minimum Gasteiger partial charge on any atom is -0.456 e. The maximum atomic E-state index is 12.1. The Morgan fingerprint density at radius 3 is 2.61 bits per heavy atom. The molecule has 4 rings (SSSR count). The van der Waals surface area contributed by atoms with Gasteiger partial charge in [0.15, 0.2) is 6.61 Å². The van der Waals surface area contributed by atoms with E-state index in [4.69, 9.17) is 4.74 Å². The second kappa shape index (κ2) is 7.96. The normalized spacial score (nSPS) is 10.9. The Balaban J connectivity index is 1.27. The molecule has 0 radical (unpaired) electrons. The second-order valence-electron chi connectivity index (χ2n) is 6.63. The number of H-pyrrole nitrogens is 1. The average molecular weight is 372 g/mol. The molecule has 0 saturated carbocycles. The summed E-state index contributed by atoms with van der Waals surface area (Å²) in [6.07, 6.45) is 2.70. The largest absolute Gasteiger partial charge is 0.456 e. The number of aromatic nitrogens is 1. The van der Waals surface area contributed by atoms with Crippen molar-refractivity contribution in [3.05, 3.63) is 78.5 Å². The summed E-state index contributed by atoms with van der Waals surface area (Å²) in [4.78, 5) is 27.2. The van der Waals surface area contributed by atoms with Crippen molar-refractivity contribution in [3.8, 4) is 0 Å². The minimum atomic E-state index is -0.390. The monoisotopic (exact) mass is 372 g/mol.